The van der Waals surface area contributed by atoms with E-state index < -0.39 is 30.0 Å². The van der Waals surface area contributed by atoms with Crippen molar-refractivity contribution in [3.63, 3.8) is 0 Å². The van der Waals surface area contributed by atoms with Crippen molar-refractivity contribution in [1.82, 2.24) is 15.5 Å². The van der Waals surface area contributed by atoms with Crippen LogP contribution in [0.1, 0.15) is 23.3 Å². The fraction of sp³-hybridized carbons (Fsp3) is 0.292. The van der Waals surface area contributed by atoms with E-state index in [1.54, 1.807) is 7.05 Å². The van der Waals surface area contributed by atoms with Gasteiger partial charge in [0.1, 0.15) is 12.1 Å². The molecule has 1 aromatic heterocycles. The molecule has 0 saturated carbocycles. The van der Waals surface area contributed by atoms with Gasteiger partial charge in [0.15, 0.2) is 0 Å². The highest BCUT2D eigenvalue weighted by molar-refractivity contribution is 7.09. The molecule has 3 amide bonds. The number of nitrogens with one attached hydrogen (secondary N) is 2. The first-order chi connectivity index (χ1) is 15.3. The molecule has 0 aliphatic carbocycles. The Morgan fingerprint density at radius 2 is 1.78 bits per heavy atom. The highest BCUT2D eigenvalue weighted by atomic mass is 32.1. The summed E-state index contributed by atoms with van der Waals surface area (Å²) in [6.07, 6.45) is -0.942. The number of carbonyl (C=O) groups is 3. The SMILES string of the molecule is CNC(=O)[C@@H](Cc1cccs1)N(C)C(=O)[C@H](NC(=O)O)C(C)c1ccc2ccccc2c1. The quantitative estimate of drug-likeness (QED) is 0.486. The van der Waals surface area contributed by atoms with Crippen LogP contribution in [0.4, 0.5) is 4.79 Å². The molecular weight excluding hydrogens is 426 g/mol. The van der Waals surface area contributed by atoms with E-state index in [1.807, 2.05) is 66.9 Å². The molecule has 8 heteroatoms. The first-order valence-corrected chi connectivity index (χ1v) is 11.2. The zero-order valence-electron chi connectivity index (χ0n) is 18.2. The van der Waals surface area contributed by atoms with Gasteiger partial charge in [-0.1, -0.05) is 55.5 Å². The average molecular weight is 454 g/mol. The highest BCUT2D eigenvalue weighted by Crippen LogP contribution is 2.26. The molecule has 3 atom stereocenters. The highest BCUT2D eigenvalue weighted by Gasteiger charge is 2.35. The van der Waals surface area contributed by atoms with Gasteiger partial charge in [-0.05, 0) is 27.8 Å². The van der Waals surface area contributed by atoms with Gasteiger partial charge < -0.3 is 20.6 Å². The van der Waals surface area contributed by atoms with Crippen molar-refractivity contribution in [3.05, 3.63) is 70.4 Å². The third-order valence-electron chi connectivity index (χ3n) is 5.68. The van der Waals surface area contributed by atoms with Crippen molar-refractivity contribution < 1.29 is 19.5 Å². The van der Waals surface area contributed by atoms with Crippen LogP contribution in [0.15, 0.2) is 60.0 Å². The number of fused-ring (bicyclic) bond motifs is 1. The number of carbonyl (C=O) groups excluding carboxylic acids is 2. The predicted octanol–water partition coefficient (Wildman–Crippen LogP) is 3.46. The summed E-state index contributed by atoms with van der Waals surface area (Å²) in [4.78, 5) is 39.9. The number of carboxylic acid groups (broad SMARTS) is 1. The third kappa shape index (κ3) is 5.26. The maximum atomic E-state index is 13.5. The number of hydrogen-bond donors (Lipinski definition) is 3. The number of rotatable bonds is 8. The van der Waals surface area contributed by atoms with Gasteiger partial charge in [-0.25, -0.2) is 4.79 Å². The Morgan fingerprint density at radius 3 is 2.41 bits per heavy atom. The monoisotopic (exact) mass is 453 g/mol. The van der Waals surface area contributed by atoms with Gasteiger partial charge in [-0.3, -0.25) is 9.59 Å². The summed E-state index contributed by atoms with van der Waals surface area (Å²) in [5, 5.41) is 18.4. The smallest absolute Gasteiger partial charge is 0.405 e. The lowest BCUT2D eigenvalue weighted by atomic mass is 9.90. The van der Waals surface area contributed by atoms with Crippen LogP contribution >= 0.6 is 11.3 Å². The van der Waals surface area contributed by atoms with E-state index in [-0.39, 0.29) is 5.91 Å². The van der Waals surface area contributed by atoms with Crippen LogP contribution in [0.25, 0.3) is 10.8 Å². The molecule has 0 fully saturated rings. The molecule has 32 heavy (non-hydrogen) atoms. The summed E-state index contributed by atoms with van der Waals surface area (Å²) in [5.74, 6) is -1.21. The van der Waals surface area contributed by atoms with Gasteiger partial charge in [-0.15, -0.1) is 11.3 Å². The molecule has 1 unspecified atom stereocenters. The fourth-order valence-electron chi connectivity index (χ4n) is 3.78. The minimum absolute atomic E-state index is 0.304. The molecule has 168 valence electrons. The van der Waals surface area contributed by atoms with E-state index >= 15 is 0 Å². The van der Waals surface area contributed by atoms with Crippen molar-refractivity contribution in [2.45, 2.75) is 31.3 Å². The molecule has 2 aromatic carbocycles. The van der Waals surface area contributed by atoms with Crippen molar-refractivity contribution in [1.29, 1.82) is 0 Å². The van der Waals surface area contributed by atoms with Crippen LogP contribution in [0, 0.1) is 0 Å². The van der Waals surface area contributed by atoms with Crippen LogP contribution in [-0.4, -0.2) is 54.1 Å². The topological polar surface area (TPSA) is 98.7 Å². The molecule has 3 N–H and O–H groups in total. The second-order valence-corrected chi connectivity index (χ2v) is 8.72. The lowest BCUT2D eigenvalue weighted by Crippen LogP contribution is -2.55. The normalized spacial score (nSPS) is 13.7. The van der Waals surface area contributed by atoms with Gasteiger partial charge in [0.2, 0.25) is 11.8 Å². The van der Waals surface area contributed by atoms with Crippen molar-refractivity contribution >= 4 is 40.0 Å². The summed E-state index contributed by atoms with van der Waals surface area (Å²) in [6.45, 7) is 1.81. The van der Waals surface area contributed by atoms with E-state index in [2.05, 4.69) is 10.6 Å². The zero-order valence-corrected chi connectivity index (χ0v) is 19.1. The summed E-state index contributed by atoms with van der Waals surface area (Å²) < 4.78 is 0. The maximum Gasteiger partial charge on any atom is 0.405 e. The number of nitrogens with zero attached hydrogens (tertiary/aromatic N) is 1. The Bertz CT molecular complexity index is 1100. The summed E-state index contributed by atoms with van der Waals surface area (Å²) in [7, 11) is 3.06. The molecule has 0 aliphatic rings. The van der Waals surface area contributed by atoms with Crippen molar-refractivity contribution in [3.8, 4) is 0 Å². The molecule has 1 heterocycles. The Hall–Kier alpha value is -3.39. The van der Waals surface area contributed by atoms with Gasteiger partial charge in [-0.2, -0.15) is 0 Å². The maximum absolute atomic E-state index is 13.5. The predicted molar refractivity (Wildman–Crippen MR) is 126 cm³/mol. The third-order valence-corrected chi connectivity index (χ3v) is 6.58. The number of likely N-dealkylation sites (N-methyl/N-ethyl adjacent to an activating group) is 2. The molecule has 0 saturated heterocycles. The van der Waals surface area contributed by atoms with Crippen LogP contribution in [0.3, 0.4) is 0 Å². The molecule has 0 spiro atoms. The molecule has 3 aromatic rings. The second-order valence-electron chi connectivity index (χ2n) is 7.69. The van der Waals surface area contributed by atoms with E-state index in [0.29, 0.717) is 6.42 Å². The molecule has 7 nitrogen and oxygen atoms in total. The number of amides is 3. The lowest BCUT2D eigenvalue weighted by molar-refractivity contribution is -0.140. The summed E-state index contributed by atoms with van der Waals surface area (Å²) in [6, 6.07) is 15.7. The first kappa shape index (κ1) is 23.3. The molecule has 3 rings (SSSR count). The summed E-state index contributed by atoms with van der Waals surface area (Å²) in [5.41, 5.74) is 0.832. The van der Waals surface area contributed by atoms with Crippen LogP contribution < -0.4 is 10.6 Å². The van der Waals surface area contributed by atoms with Gasteiger partial charge in [0, 0.05) is 31.3 Å². The standard InChI is InChI=1S/C24H27N3O4S/c1-15(17-11-10-16-7-4-5-8-18(16)13-17)21(26-24(30)31)23(29)27(3)20(22(28)25-2)14-19-9-6-12-32-19/h4-13,15,20-21,26H,14H2,1-3H3,(H,25,28)(H,30,31)/t15?,20-,21-/m1/s1. The number of hydrogen-bond acceptors (Lipinski definition) is 4. The van der Waals surface area contributed by atoms with Gasteiger partial charge in [0.05, 0.1) is 0 Å². The van der Waals surface area contributed by atoms with Crippen LogP contribution in [0.2, 0.25) is 0 Å². The van der Waals surface area contributed by atoms with E-state index in [0.717, 1.165) is 21.2 Å². The molecule has 0 radical (unpaired) electrons. The molecular formula is C24H27N3O4S. The first-order valence-electron chi connectivity index (χ1n) is 10.3. The minimum Gasteiger partial charge on any atom is -0.465 e. The average Bonchev–Trinajstić information content (AvgIpc) is 3.32. The Labute approximate surface area is 191 Å². The minimum atomic E-state index is -1.29. The summed E-state index contributed by atoms with van der Waals surface area (Å²) >= 11 is 1.50. The fourth-order valence-corrected chi connectivity index (χ4v) is 4.52. The van der Waals surface area contributed by atoms with E-state index in [1.165, 1.54) is 23.3 Å². The van der Waals surface area contributed by atoms with E-state index in [9.17, 15) is 19.5 Å². The van der Waals surface area contributed by atoms with Crippen molar-refractivity contribution in [2.24, 2.45) is 0 Å². The Balaban J connectivity index is 1.90. The molecule has 0 bridgehead atoms. The Morgan fingerprint density at radius 1 is 1.06 bits per heavy atom. The lowest BCUT2D eigenvalue weighted by Gasteiger charge is -2.32. The number of benzene rings is 2. The van der Waals surface area contributed by atoms with Gasteiger partial charge >= 0.3 is 6.09 Å². The largest absolute Gasteiger partial charge is 0.465 e. The molecule has 0 aliphatic heterocycles. The second kappa shape index (κ2) is 10.3. The Kier molecular flexibility index (Phi) is 7.48. The zero-order chi connectivity index (χ0) is 23.3. The van der Waals surface area contributed by atoms with Gasteiger partial charge in [0.25, 0.3) is 0 Å². The number of thiophene rings is 1. The van der Waals surface area contributed by atoms with Crippen LogP contribution in [-0.2, 0) is 16.0 Å². The van der Waals surface area contributed by atoms with Crippen molar-refractivity contribution in [2.75, 3.05) is 14.1 Å². The van der Waals surface area contributed by atoms with E-state index in [4.69, 9.17) is 0 Å². The van der Waals surface area contributed by atoms with Crippen LogP contribution in [0.5, 0.6) is 0 Å².